The van der Waals surface area contributed by atoms with Gasteiger partial charge in [-0.05, 0) is 82.3 Å². The number of fused-ring (bicyclic) bond motifs is 3. The Kier molecular flexibility index (Phi) is 12.1. The van der Waals surface area contributed by atoms with E-state index in [1.54, 1.807) is 0 Å². The van der Waals surface area contributed by atoms with Crippen LogP contribution in [-0.2, 0) is 14.4 Å². The Balaban J connectivity index is 0.000000587. The summed E-state index contributed by atoms with van der Waals surface area (Å²) in [6.45, 7) is 7.93. The van der Waals surface area contributed by atoms with Gasteiger partial charge in [0.05, 0.1) is 18.0 Å². The zero-order valence-corrected chi connectivity index (χ0v) is 29.4. The van der Waals surface area contributed by atoms with Gasteiger partial charge in [0.15, 0.2) is 5.69 Å². The third-order valence-corrected chi connectivity index (χ3v) is 10.6. The summed E-state index contributed by atoms with van der Waals surface area (Å²) in [7, 11) is 0. The largest absolute Gasteiger partial charge is 0.493 e. The van der Waals surface area contributed by atoms with Crippen molar-refractivity contribution in [1.29, 1.82) is 0 Å². The predicted molar refractivity (Wildman–Crippen MR) is 186 cm³/mol. The van der Waals surface area contributed by atoms with Crippen molar-refractivity contribution in [3.63, 3.8) is 0 Å². The number of nitrogens with one attached hydrogen (secondary N) is 1. The second-order valence-electron chi connectivity index (χ2n) is 13.7. The van der Waals surface area contributed by atoms with Gasteiger partial charge in [-0.15, -0.1) is 0 Å². The highest BCUT2D eigenvalue weighted by atomic mass is 19.4. The lowest BCUT2D eigenvalue weighted by Crippen LogP contribution is -2.62. The topological polar surface area (TPSA) is 153 Å². The minimum atomic E-state index is -4.56. The van der Waals surface area contributed by atoms with Crippen LogP contribution in [0.3, 0.4) is 0 Å². The average Bonchev–Trinajstić information content (AvgIpc) is 3.10. The first-order valence-electron chi connectivity index (χ1n) is 17.8. The van der Waals surface area contributed by atoms with Crippen molar-refractivity contribution in [3.05, 3.63) is 54.2 Å². The molecular weight excluding hydrogens is 683 g/mol. The Morgan fingerprint density at radius 1 is 0.962 bits per heavy atom. The first-order valence-corrected chi connectivity index (χ1v) is 17.8. The molecule has 1 saturated carbocycles. The van der Waals surface area contributed by atoms with Crippen LogP contribution in [0.4, 0.5) is 18.9 Å². The van der Waals surface area contributed by atoms with Gasteiger partial charge in [-0.1, -0.05) is 25.5 Å². The van der Waals surface area contributed by atoms with E-state index in [0.717, 1.165) is 38.0 Å². The van der Waals surface area contributed by atoms with Crippen molar-refractivity contribution in [2.75, 3.05) is 50.8 Å². The summed E-state index contributed by atoms with van der Waals surface area (Å²) >= 11 is 0. The number of anilines is 1. The van der Waals surface area contributed by atoms with E-state index in [-0.39, 0.29) is 49.6 Å². The molecule has 5 aliphatic rings. The average molecular weight is 730 g/mol. The lowest BCUT2D eigenvalue weighted by atomic mass is 9.67. The number of pyridine rings is 1. The molecule has 52 heavy (non-hydrogen) atoms. The number of piperidine rings is 3. The van der Waals surface area contributed by atoms with Crippen molar-refractivity contribution in [2.24, 2.45) is 11.3 Å². The van der Waals surface area contributed by atoms with Gasteiger partial charge in [0, 0.05) is 56.0 Å². The van der Waals surface area contributed by atoms with Gasteiger partial charge >= 0.3 is 18.1 Å². The monoisotopic (exact) mass is 729 g/mol. The Morgan fingerprint density at radius 2 is 1.63 bits per heavy atom. The van der Waals surface area contributed by atoms with Crippen molar-refractivity contribution in [1.82, 2.24) is 20.1 Å². The molecule has 15 heteroatoms. The highest BCUT2D eigenvalue weighted by Crippen LogP contribution is 2.54. The molecule has 0 radical (unpaired) electrons. The molecule has 7 rings (SSSR count). The SMILES string of the molecule is CCOc1ccccc1-c1ccc(N2CCN(C(=O)C3(C(F)(F)F)CCC3)C[C@H]2CC)c(C(=O)N[C@@H]2CN3CCC2CC3)n1.O=C(O)/C=C\C(=O)O. The van der Waals surface area contributed by atoms with E-state index in [4.69, 9.17) is 19.9 Å². The van der Waals surface area contributed by atoms with E-state index in [1.165, 1.54) is 4.90 Å². The summed E-state index contributed by atoms with van der Waals surface area (Å²) in [5, 5.41) is 18.9. The molecule has 5 heterocycles. The maximum Gasteiger partial charge on any atom is 0.403 e. The fourth-order valence-corrected chi connectivity index (χ4v) is 7.63. The molecule has 1 aromatic heterocycles. The number of amides is 2. The number of hydrogen-bond donors (Lipinski definition) is 3. The first-order chi connectivity index (χ1) is 24.8. The lowest BCUT2D eigenvalue weighted by Gasteiger charge is -2.49. The minimum Gasteiger partial charge on any atom is -0.493 e. The van der Waals surface area contributed by atoms with Gasteiger partial charge in [-0.2, -0.15) is 13.2 Å². The van der Waals surface area contributed by atoms with Crippen LogP contribution in [0.15, 0.2) is 48.6 Å². The van der Waals surface area contributed by atoms with Gasteiger partial charge in [-0.25, -0.2) is 14.6 Å². The number of halogens is 3. The fraction of sp³-hybridized carbons (Fsp3) is 0.541. The molecule has 2 atom stereocenters. The van der Waals surface area contributed by atoms with Gasteiger partial charge in [-0.3, -0.25) is 9.59 Å². The first kappa shape index (κ1) is 38.6. The van der Waals surface area contributed by atoms with Crippen molar-refractivity contribution in [3.8, 4) is 17.0 Å². The summed E-state index contributed by atoms with van der Waals surface area (Å²) in [4.78, 5) is 57.2. The molecule has 0 unspecified atom stereocenters. The second kappa shape index (κ2) is 16.3. The molecule has 2 bridgehead atoms. The molecule has 12 nitrogen and oxygen atoms in total. The number of hydrogen-bond acceptors (Lipinski definition) is 8. The maximum atomic E-state index is 14.1. The van der Waals surface area contributed by atoms with Crippen LogP contribution in [0, 0.1) is 11.3 Å². The van der Waals surface area contributed by atoms with Crippen LogP contribution < -0.4 is 15.0 Å². The summed E-state index contributed by atoms with van der Waals surface area (Å²) in [5.74, 6) is -2.48. The molecule has 282 valence electrons. The Bertz CT molecular complexity index is 1640. The number of carboxylic acids is 2. The molecule has 4 aliphatic heterocycles. The van der Waals surface area contributed by atoms with E-state index >= 15 is 0 Å². The van der Waals surface area contributed by atoms with Gasteiger partial charge in [0.1, 0.15) is 11.2 Å². The zero-order valence-electron chi connectivity index (χ0n) is 29.4. The third kappa shape index (κ3) is 8.35. The number of rotatable bonds is 10. The zero-order chi connectivity index (χ0) is 37.6. The Labute approximate surface area is 300 Å². The lowest BCUT2D eigenvalue weighted by molar-refractivity contribution is -0.248. The molecule has 0 spiro atoms. The number of para-hydroxylation sites is 1. The Hall–Kier alpha value is -4.66. The number of carbonyl (C=O) groups is 4. The molecular formula is C37H46F3N5O7. The number of piperazine rings is 1. The van der Waals surface area contributed by atoms with E-state index in [2.05, 4.69) is 15.1 Å². The molecule has 1 aromatic carbocycles. The number of ether oxygens (including phenoxy) is 1. The molecule has 4 saturated heterocycles. The number of alkyl halides is 3. The minimum absolute atomic E-state index is 0.0384. The summed E-state index contributed by atoms with van der Waals surface area (Å²) in [5.41, 5.74) is 0.0446. The summed E-state index contributed by atoms with van der Waals surface area (Å²) < 4.78 is 47.9. The number of aromatic nitrogens is 1. The Morgan fingerprint density at radius 3 is 2.17 bits per heavy atom. The number of carboxylic acid groups (broad SMARTS) is 2. The fourth-order valence-electron chi connectivity index (χ4n) is 7.63. The van der Waals surface area contributed by atoms with Crippen LogP contribution in [0.1, 0.15) is 62.9 Å². The third-order valence-electron chi connectivity index (χ3n) is 10.6. The number of nitrogens with zero attached hydrogens (tertiary/aromatic N) is 4. The van der Waals surface area contributed by atoms with Crippen LogP contribution in [0.2, 0.25) is 0 Å². The quantitative estimate of drug-likeness (QED) is 0.290. The highest BCUT2D eigenvalue weighted by Gasteiger charge is 2.64. The highest BCUT2D eigenvalue weighted by molar-refractivity contribution is 5.99. The van der Waals surface area contributed by atoms with E-state index in [0.29, 0.717) is 61.2 Å². The number of benzene rings is 1. The van der Waals surface area contributed by atoms with Crippen molar-refractivity contribution >= 4 is 29.4 Å². The molecule has 2 aromatic rings. The smallest absolute Gasteiger partial charge is 0.403 e. The predicted octanol–water partition coefficient (Wildman–Crippen LogP) is 4.84. The van der Waals surface area contributed by atoms with Crippen molar-refractivity contribution < 1.29 is 47.3 Å². The van der Waals surface area contributed by atoms with Gasteiger partial charge < -0.3 is 35.0 Å². The van der Waals surface area contributed by atoms with Crippen LogP contribution >= 0.6 is 0 Å². The summed E-state index contributed by atoms with van der Waals surface area (Å²) in [6.07, 6.45) is -0.622. The number of carbonyl (C=O) groups excluding carboxylic acids is 2. The molecule has 3 N–H and O–H groups in total. The van der Waals surface area contributed by atoms with Crippen LogP contribution in [0.25, 0.3) is 11.3 Å². The standard InChI is InChI=1S/C33H42F3N5O3.C4H4O4/c1-3-23-20-40(31(43)32(14-7-15-32)33(34,35)36)18-19-41(23)27-11-10-25(24-8-5-6-9-28(24)44-4-2)37-29(27)30(42)38-26-21-39-16-12-22(26)13-17-39;5-3(6)1-2-4(7)8/h5-6,8-11,22-23,26H,3-4,7,12-21H2,1-2H3,(H,38,42);1-2H,(H,5,6)(H,7,8)/b;2-1-/t23-,26-;/m1./s1. The number of aliphatic carboxylic acids is 2. The maximum absolute atomic E-state index is 14.1. The van der Waals surface area contributed by atoms with Crippen LogP contribution in [0.5, 0.6) is 5.75 Å². The van der Waals surface area contributed by atoms with Crippen LogP contribution in [-0.4, -0.2) is 113 Å². The van der Waals surface area contributed by atoms with Gasteiger partial charge in [0.2, 0.25) is 5.91 Å². The van der Waals surface area contributed by atoms with E-state index in [1.807, 2.05) is 50.2 Å². The molecule has 2 amide bonds. The normalized spacial score (nSPS) is 23.6. The van der Waals surface area contributed by atoms with E-state index in [9.17, 15) is 32.3 Å². The van der Waals surface area contributed by atoms with Crippen molar-refractivity contribution in [2.45, 2.75) is 70.6 Å². The molecule has 5 fully saturated rings. The van der Waals surface area contributed by atoms with Gasteiger partial charge in [0.25, 0.3) is 5.91 Å². The summed E-state index contributed by atoms with van der Waals surface area (Å²) in [6, 6.07) is 11.1. The molecule has 1 aliphatic carbocycles. The second-order valence-corrected chi connectivity index (χ2v) is 13.7. The van der Waals surface area contributed by atoms with E-state index < -0.39 is 29.4 Å².